The van der Waals surface area contributed by atoms with Crippen LogP contribution in [0.4, 0.5) is 30.7 Å². The Bertz CT molecular complexity index is 328. The molecule has 14 heavy (non-hydrogen) atoms. The van der Waals surface area contributed by atoms with Crippen molar-refractivity contribution in [2.24, 2.45) is 0 Å². The zero-order valence-corrected chi connectivity index (χ0v) is 6.22. The molecule has 0 aromatic heterocycles. The first-order chi connectivity index (χ1) is 6.37. The van der Waals surface area contributed by atoms with Gasteiger partial charge in [0, 0.05) is 0 Å². The van der Waals surface area contributed by atoms with Crippen LogP contribution in [0.15, 0.2) is 35.0 Å². The van der Waals surface area contributed by atoms with Gasteiger partial charge in [-0.2, -0.15) is 0 Å². The summed E-state index contributed by atoms with van der Waals surface area (Å²) in [5, 5.41) is 0. The average Bonchev–Trinajstić information content (AvgIpc) is 2.23. The molecule has 0 N–H and O–H groups in total. The quantitative estimate of drug-likeness (QED) is 0.542. The highest BCUT2D eigenvalue weighted by atomic mass is 19.2. The Morgan fingerprint density at radius 1 is 0.571 bits per heavy atom. The fraction of sp³-hybridized carbons (Fsp3) is 0.143. The van der Waals surface area contributed by atoms with Crippen molar-refractivity contribution in [2.75, 3.05) is 0 Å². The molecule has 0 nitrogen and oxygen atoms in total. The van der Waals surface area contributed by atoms with Crippen LogP contribution in [-0.4, -0.2) is 6.17 Å². The lowest BCUT2D eigenvalue weighted by Crippen LogP contribution is -2.03. The fourth-order valence-corrected chi connectivity index (χ4v) is 0.736. The highest BCUT2D eigenvalue weighted by Crippen LogP contribution is 2.38. The molecule has 7 heteroatoms. The van der Waals surface area contributed by atoms with E-state index < -0.39 is 41.1 Å². The number of rotatable bonds is 0. The summed E-state index contributed by atoms with van der Waals surface area (Å²) in [6.07, 6.45) is -3.46. The third-order valence-electron chi connectivity index (χ3n) is 1.44. The molecule has 78 valence electrons. The van der Waals surface area contributed by atoms with Gasteiger partial charge >= 0.3 is 0 Å². The van der Waals surface area contributed by atoms with Gasteiger partial charge in [0.05, 0.1) is 0 Å². The molecular weight excluding hydrogens is 217 g/mol. The van der Waals surface area contributed by atoms with Gasteiger partial charge in [-0.15, -0.1) is 0 Å². The topological polar surface area (TPSA) is 0 Å². The predicted octanol–water partition coefficient (Wildman–Crippen LogP) is 3.79. The summed E-state index contributed by atoms with van der Waals surface area (Å²) >= 11 is 0. The monoisotopic (exact) mass is 218 g/mol. The van der Waals surface area contributed by atoms with Crippen LogP contribution < -0.4 is 0 Å². The van der Waals surface area contributed by atoms with Crippen LogP contribution in [0.1, 0.15) is 0 Å². The molecule has 0 bridgehead atoms. The minimum Gasteiger partial charge on any atom is -0.232 e. The van der Waals surface area contributed by atoms with E-state index in [0.29, 0.717) is 0 Å². The first-order valence-electron chi connectivity index (χ1n) is 3.18. The minimum atomic E-state index is -3.46. The molecule has 0 radical (unpaired) electrons. The molecule has 0 spiro atoms. The zero-order chi connectivity index (χ0) is 11.0. The maximum Gasteiger partial charge on any atom is 0.209 e. The molecule has 0 fully saturated rings. The van der Waals surface area contributed by atoms with Crippen molar-refractivity contribution < 1.29 is 30.7 Å². The van der Waals surface area contributed by atoms with Crippen LogP contribution in [0.5, 0.6) is 0 Å². The summed E-state index contributed by atoms with van der Waals surface area (Å²) in [7, 11) is 0. The van der Waals surface area contributed by atoms with E-state index in [-0.39, 0.29) is 0 Å². The number of alkyl halides is 1. The zero-order valence-electron chi connectivity index (χ0n) is 6.22. The number of halogens is 7. The lowest BCUT2D eigenvalue weighted by Gasteiger charge is -2.00. The van der Waals surface area contributed by atoms with Crippen LogP contribution in [0, 0.1) is 0 Å². The molecular formula is C7HF7. The Labute approximate surface area is 73.0 Å². The largest absolute Gasteiger partial charge is 0.232 e. The molecule has 0 heterocycles. The summed E-state index contributed by atoms with van der Waals surface area (Å²) < 4.78 is 86.2. The van der Waals surface area contributed by atoms with Crippen molar-refractivity contribution in [2.45, 2.75) is 6.17 Å². The fourth-order valence-electron chi connectivity index (χ4n) is 0.736. The van der Waals surface area contributed by atoms with Crippen LogP contribution in [-0.2, 0) is 0 Å². The summed E-state index contributed by atoms with van der Waals surface area (Å²) in [5.41, 5.74) is 0. The summed E-state index contributed by atoms with van der Waals surface area (Å²) in [6.45, 7) is 0. The lowest BCUT2D eigenvalue weighted by atomic mass is 10.3. The molecule has 0 saturated carbocycles. The van der Waals surface area contributed by atoms with Crippen molar-refractivity contribution in [3.05, 3.63) is 35.0 Å². The Kier molecular flexibility index (Phi) is 2.68. The van der Waals surface area contributed by atoms with E-state index in [1.807, 2.05) is 0 Å². The Balaban J connectivity index is 3.46. The van der Waals surface area contributed by atoms with Gasteiger partial charge in [0.2, 0.25) is 6.17 Å². The van der Waals surface area contributed by atoms with Crippen molar-refractivity contribution in [3.8, 4) is 0 Å². The molecule has 1 aliphatic carbocycles. The van der Waals surface area contributed by atoms with E-state index >= 15 is 0 Å². The maximum atomic E-state index is 12.4. The smallest absolute Gasteiger partial charge is 0.209 e. The van der Waals surface area contributed by atoms with Crippen molar-refractivity contribution in [3.63, 3.8) is 0 Å². The second-order valence-electron chi connectivity index (χ2n) is 2.31. The highest BCUT2D eigenvalue weighted by Gasteiger charge is 2.35. The van der Waals surface area contributed by atoms with Gasteiger partial charge in [-0.3, -0.25) is 0 Å². The predicted molar refractivity (Wildman–Crippen MR) is 32.6 cm³/mol. The van der Waals surface area contributed by atoms with Crippen LogP contribution in [0.25, 0.3) is 0 Å². The van der Waals surface area contributed by atoms with E-state index in [1.165, 1.54) is 0 Å². The van der Waals surface area contributed by atoms with Crippen LogP contribution in [0.2, 0.25) is 0 Å². The van der Waals surface area contributed by atoms with E-state index in [4.69, 9.17) is 0 Å². The third kappa shape index (κ3) is 1.42. The van der Waals surface area contributed by atoms with Gasteiger partial charge < -0.3 is 0 Å². The summed E-state index contributed by atoms with van der Waals surface area (Å²) in [5.74, 6) is -15.5. The SMILES string of the molecule is FC1=C(F)C(F)=C(F)C(F)C(F)=C1F. The lowest BCUT2D eigenvalue weighted by molar-refractivity contribution is 0.299. The van der Waals surface area contributed by atoms with Crippen LogP contribution in [0.3, 0.4) is 0 Å². The van der Waals surface area contributed by atoms with Gasteiger partial charge in [0.25, 0.3) is 0 Å². The molecule has 0 aromatic carbocycles. The molecule has 0 atom stereocenters. The van der Waals surface area contributed by atoms with Gasteiger partial charge in [0.1, 0.15) is 0 Å². The second-order valence-corrected chi connectivity index (χ2v) is 2.31. The maximum absolute atomic E-state index is 12.4. The van der Waals surface area contributed by atoms with E-state index in [0.717, 1.165) is 0 Å². The molecule has 0 aliphatic heterocycles. The minimum absolute atomic E-state index is 2.54. The first kappa shape index (κ1) is 10.8. The summed E-state index contributed by atoms with van der Waals surface area (Å²) in [4.78, 5) is 0. The average molecular weight is 218 g/mol. The molecule has 0 aromatic rings. The second kappa shape index (κ2) is 3.47. The first-order valence-corrected chi connectivity index (χ1v) is 3.18. The Morgan fingerprint density at radius 2 is 0.857 bits per heavy atom. The van der Waals surface area contributed by atoms with Crippen molar-refractivity contribution in [1.29, 1.82) is 0 Å². The summed E-state index contributed by atoms with van der Waals surface area (Å²) in [6, 6.07) is 0. The Morgan fingerprint density at radius 3 is 1.14 bits per heavy atom. The van der Waals surface area contributed by atoms with Crippen LogP contribution >= 0.6 is 0 Å². The molecule has 0 saturated heterocycles. The number of hydrogen-bond donors (Lipinski definition) is 0. The van der Waals surface area contributed by atoms with E-state index in [1.54, 1.807) is 0 Å². The van der Waals surface area contributed by atoms with Gasteiger partial charge in [0.15, 0.2) is 35.0 Å². The van der Waals surface area contributed by atoms with E-state index in [2.05, 4.69) is 0 Å². The van der Waals surface area contributed by atoms with Gasteiger partial charge in [-0.1, -0.05) is 0 Å². The third-order valence-corrected chi connectivity index (χ3v) is 1.44. The molecule has 0 amide bonds. The number of hydrogen-bond acceptors (Lipinski definition) is 0. The Hall–Kier alpha value is -1.27. The van der Waals surface area contributed by atoms with Crippen molar-refractivity contribution >= 4 is 0 Å². The van der Waals surface area contributed by atoms with Gasteiger partial charge in [-0.05, 0) is 0 Å². The highest BCUT2D eigenvalue weighted by molar-refractivity contribution is 5.41. The molecule has 1 aliphatic rings. The normalized spacial score (nSPS) is 20.8. The number of allylic oxidation sites excluding steroid dienone is 6. The van der Waals surface area contributed by atoms with Gasteiger partial charge in [-0.25, -0.2) is 30.7 Å². The molecule has 0 unspecified atom stereocenters. The van der Waals surface area contributed by atoms with E-state index in [9.17, 15) is 30.7 Å². The molecule has 1 rings (SSSR count). The van der Waals surface area contributed by atoms with Crippen molar-refractivity contribution in [1.82, 2.24) is 0 Å². The standard InChI is InChI=1S/C7HF7/c8-1-2(9)4(11)6(13)7(14)5(12)3(1)10/h1H.